The van der Waals surface area contributed by atoms with Crippen molar-refractivity contribution >= 4 is 5.91 Å². The Kier molecular flexibility index (Phi) is 3.57. The second kappa shape index (κ2) is 5.35. The zero-order valence-electron chi connectivity index (χ0n) is 11.4. The largest absolute Gasteiger partial charge is 0.455 e. The molecule has 1 saturated carbocycles. The number of furan rings is 1. The van der Waals surface area contributed by atoms with Gasteiger partial charge in [0.2, 0.25) is 0 Å². The van der Waals surface area contributed by atoms with Crippen molar-refractivity contribution in [3.8, 4) is 0 Å². The lowest BCUT2D eigenvalue weighted by Crippen LogP contribution is -2.47. The Hall–Kier alpha value is -1.33. The predicted molar refractivity (Wildman–Crippen MR) is 72.0 cm³/mol. The van der Waals surface area contributed by atoms with Gasteiger partial charge in [-0.05, 0) is 32.0 Å². The minimum absolute atomic E-state index is 0.0192. The van der Waals surface area contributed by atoms with Crippen molar-refractivity contribution in [3.63, 3.8) is 0 Å². The first-order valence-corrected chi connectivity index (χ1v) is 7.02. The molecule has 1 amide bonds. The molecule has 0 aromatic carbocycles. The highest BCUT2D eigenvalue weighted by Crippen LogP contribution is 2.20. The van der Waals surface area contributed by atoms with E-state index in [4.69, 9.17) is 4.42 Å². The van der Waals surface area contributed by atoms with E-state index in [9.17, 15) is 4.79 Å². The Bertz CT molecular complexity index is 445. The summed E-state index contributed by atoms with van der Waals surface area (Å²) in [6, 6.07) is 4.35. The van der Waals surface area contributed by atoms with Crippen molar-refractivity contribution in [2.75, 3.05) is 33.2 Å². The van der Waals surface area contributed by atoms with Gasteiger partial charge in [-0.25, -0.2) is 0 Å². The van der Waals surface area contributed by atoms with Gasteiger partial charge in [-0.3, -0.25) is 4.79 Å². The maximum atomic E-state index is 12.3. The van der Waals surface area contributed by atoms with Crippen molar-refractivity contribution < 1.29 is 9.21 Å². The molecular weight excluding hydrogens is 242 g/mol. The Morgan fingerprint density at radius 2 is 2.05 bits per heavy atom. The smallest absolute Gasteiger partial charge is 0.289 e. The molecule has 19 heavy (non-hydrogen) atoms. The highest BCUT2D eigenvalue weighted by atomic mass is 16.4. The molecule has 1 aromatic rings. The maximum absolute atomic E-state index is 12.3. The van der Waals surface area contributed by atoms with Crippen LogP contribution >= 0.6 is 0 Å². The van der Waals surface area contributed by atoms with Crippen molar-refractivity contribution in [1.82, 2.24) is 15.1 Å². The van der Waals surface area contributed by atoms with Gasteiger partial charge in [0.25, 0.3) is 5.91 Å². The monoisotopic (exact) mass is 263 g/mol. The zero-order chi connectivity index (χ0) is 13.2. The van der Waals surface area contributed by atoms with E-state index in [1.807, 2.05) is 11.0 Å². The Morgan fingerprint density at radius 3 is 2.74 bits per heavy atom. The van der Waals surface area contributed by atoms with Gasteiger partial charge in [0.15, 0.2) is 5.76 Å². The lowest BCUT2D eigenvalue weighted by molar-refractivity contribution is 0.0630. The minimum Gasteiger partial charge on any atom is -0.455 e. The van der Waals surface area contributed by atoms with Crippen LogP contribution in [0.15, 0.2) is 16.5 Å². The Labute approximate surface area is 113 Å². The second-order valence-electron chi connectivity index (χ2n) is 5.52. The van der Waals surface area contributed by atoms with Crippen LogP contribution in [0.5, 0.6) is 0 Å². The molecule has 2 aliphatic rings. The van der Waals surface area contributed by atoms with E-state index in [2.05, 4.69) is 17.3 Å². The molecule has 0 bridgehead atoms. The van der Waals surface area contributed by atoms with E-state index >= 15 is 0 Å². The van der Waals surface area contributed by atoms with Gasteiger partial charge in [0.1, 0.15) is 5.76 Å². The molecule has 2 heterocycles. The topological polar surface area (TPSA) is 48.7 Å². The van der Waals surface area contributed by atoms with Crippen molar-refractivity contribution in [2.45, 2.75) is 25.4 Å². The lowest BCUT2D eigenvalue weighted by Gasteiger charge is -2.31. The quantitative estimate of drug-likeness (QED) is 0.877. The number of nitrogens with zero attached hydrogens (tertiary/aromatic N) is 2. The van der Waals surface area contributed by atoms with Gasteiger partial charge in [0.05, 0.1) is 6.54 Å². The van der Waals surface area contributed by atoms with Crippen molar-refractivity contribution in [3.05, 3.63) is 23.7 Å². The van der Waals surface area contributed by atoms with E-state index < -0.39 is 0 Å². The number of hydrogen-bond donors (Lipinski definition) is 1. The fourth-order valence-electron chi connectivity index (χ4n) is 2.29. The molecule has 0 atom stereocenters. The minimum atomic E-state index is 0.0192. The molecule has 1 N–H and O–H groups in total. The first-order valence-electron chi connectivity index (χ1n) is 7.02. The third-order valence-corrected chi connectivity index (χ3v) is 3.81. The number of amides is 1. The van der Waals surface area contributed by atoms with Gasteiger partial charge in [-0.1, -0.05) is 0 Å². The Morgan fingerprint density at radius 1 is 1.32 bits per heavy atom. The SMILES string of the molecule is CN1CCN(C(=O)c2ccc(CNC3CC3)o2)CC1. The highest BCUT2D eigenvalue weighted by Gasteiger charge is 2.24. The standard InChI is InChI=1S/C14H21N3O2/c1-16-6-8-17(9-7-16)14(18)13-5-4-12(19-13)10-15-11-2-3-11/h4-5,11,15H,2-3,6-10H2,1H3. The average Bonchev–Trinajstić information content (AvgIpc) is 3.13. The van der Waals surface area contributed by atoms with Crippen LogP contribution in [0, 0.1) is 0 Å². The molecule has 0 radical (unpaired) electrons. The third kappa shape index (κ3) is 3.16. The van der Waals surface area contributed by atoms with Crippen LogP contribution in [-0.4, -0.2) is 55.0 Å². The predicted octanol–water partition coefficient (Wildman–Crippen LogP) is 0.919. The van der Waals surface area contributed by atoms with E-state index in [1.165, 1.54) is 12.8 Å². The van der Waals surface area contributed by atoms with Crippen LogP contribution in [0.2, 0.25) is 0 Å². The first kappa shape index (κ1) is 12.7. The molecule has 5 heteroatoms. The van der Waals surface area contributed by atoms with Crippen LogP contribution in [0.25, 0.3) is 0 Å². The fourth-order valence-corrected chi connectivity index (χ4v) is 2.29. The van der Waals surface area contributed by atoms with Gasteiger partial charge < -0.3 is 19.5 Å². The molecule has 1 aliphatic carbocycles. The number of piperazine rings is 1. The molecule has 2 fully saturated rings. The number of nitrogens with one attached hydrogen (secondary N) is 1. The average molecular weight is 263 g/mol. The molecule has 1 aliphatic heterocycles. The van der Waals surface area contributed by atoms with Crippen LogP contribution < -0.4 is 5.32 Å². The summed E-state index contributed by atoms with van der Waals surface area (Å²) in [4.78, 5) is 16.4. The number of hydrogen-bond acceptors (Lipinski definition) is 4. The first-order chi connectivity index (χ1) is 9.22. The summed E-state index contributed by atoms with van der Waals surface area (Å²) in [6.07, 6.45) is 2.52. The summed E-state index contributed by atoms with van der Waals surface area (Å²) >= 11 is 0. The summed E-state index contributed by atoms with van der Waals surface area (Å²) in [6.45, 7) is 4.16. The Balaban J connectivity index is 1.56. The normalized spacial score (nSPS) is 20.8. The molecule has 0 unspecified atom stereocenters. The maximum Gasteiger partial charge on any atom is 0.289 e. The molecule has 1 aromatic heterocycles. The van der Waals surface area contributed by atoms with Crippen LogP contribution in [0.4, 0.5) is 0 Å². The van der Waals surface area contributed by atoms with Crippen LogP contribution in [0.1, 0.15) is 29.2 Å². The van der Waals surface area contributed by atoms with Crippen LogP contribution in [-0.2, 0) is 6.54 Å². The highest BCUT2D eigenvalue weighted by molar-refractivity contribution is 5.91. The number of likely N-dealkylation sites (N-methyl/N-ethyl adjacent to an activating group) is 1. The van der Waals surface area contributed by atoms with E-state index in [1.54, 1.807) is 6.07 Å². The molecule has 104 valence electrons. The molecule has 3 rings (SSSR count). The molecule has 1 saturated heterocycles. The summed E-state index contributed by atoms with van der Waals surface area (Å²) in [5.74, 6) is 1.34. The van der Waals surface area contributed by atoms with Crippen molar-refractivity contribution in [2.24, 2.45) is 0 Å². The van der Waals surface area contributed by atoms with Crippen LogP contribution in [0.3, 0.4) is 0 Å². The zero-order valence-corrected chi connectivity index (χ0v) is 11.4. The van der Waals surface area contributed by atoms with Gasteiger partial charge in [-0.2, -0.15) is 0 Å². The number of carbonyl (C=O) groups excluding carboxylic acids is 1. The third-order valence-electron chi connectivity index (χ3n) is 3.81. The second-order valence-corrected chi connectivity index (χ2v) is 5.52. The fraction of sp³-hybridized carbons (Fsp3) is 0.643. The molecular formula is C14H21N3O2. The van der Waals surface area contributed by atoms with E-state index in [0.717, 1.165) is 38.5 Å². The molecule has 0 spiro atoms. The lowest BCUT2D eigenvalue weighted by atomic mass is 10.3. The summed E-state index contributed by atoms with van der Waals surface area (Å²) in [5.41, 5.74) is 0. The summed E-state index contributed by atoms with van der Waals surface area (Å²) in [7, 11) is 2.08. The van der Waals surface area contributed by atoms with E-state index in [0.29, 0.717) is 11.8 Å². The van der Waals surface area contributed by atoms with Gasteiger partial charge in [0, 0.05) is 32.2 Å². The van der Waals surface area contributed by atoms with Crippen molar-refractivity contribution in [1.29, 1.82) is 0 Å². The van der Waals surface area contributed by atoms with E-state index in [-0.39, 0.29) is 5.91 Å². The number of rotatable bonds is 4. The summed E-state index contributed by atoms with van der Waals surface area (Å²) in [5, 5.41) is 3.39. The van der Waals surface area contributed by atoms with Gasteiger partial charge >= 0.3 is 0 Å². The number of carbonyl (C=O) groups is 1. The molecule has 5 nitrogen and oxygen atoms in total. The van der Waals surface area contributed by atoms with Gasteiger partial charge in [-0.15, -0.1) is 0 Å². The summed E-state index contributed by atoms with van der Waals surface area (Å²) < 4.78 is 5.64.